The maximum atomic E-state index is 5.85. The molecule has 0 spiro atoms. The van der Waals surface area contributed by atoms with Gasteiger partial charge in [-0.3, -0.25) is 4.90 Å². The number of hydrogen-bond acceptors (Lipinski definition) is 6. The van der Waals surface area contributed by atoms with Gasteiger partial charge >= 0.3 is 0 Å². The summed E-state index contributed by atoms with van der Waals surface area (Å²) in [6.07, 6.45) is 0.719. The fourth-order valence-electron chi connectivity index (χ4n) is 2.75. The standard InChI is InChI=1S/C17H24N4O2/c1-12(2)22-15-7-5-4-6-13(15)10-16-19-17(20-23-16)14-11-18-8-9-21(14)3/h4-7,12,14,18H,8-11H2,1-3H3. The molecule has 1 aromatic carbocycles. The van der Waals surface area contributed by atoms with E-state index in [2.05, 4.69) is 27.4 Å². The van der Waals surface area contributed by atoms with Crippen LogP contribution in [-0.2, 0) is 6.42 Å². The van der Waals surface area contributed by atoms with Gasteiger partial charge in [0.25, 0.3) is 0 Å². The summed E-state index contributed by atoms with van der Waals surface area (Å²) in [6.45, 7) is 6.88. The number of para-hydroxylation sites is 1. The Balaban J connectivity index is 1.74. The summed E-state index contributed by atoms with van der Waals surface area (Å²) in [5.41, 5.74) is 1.06. The summed E-state index contributed by atoms with van der Waals surface area (Å²) in [4.78, 5) is 6.84. The molecule has 2 aromatic rings. The van der Waals surface area contributed by atoms with Gasteiger partial charge < -0.3 is 14.6 Å². The van der Waals surface area contributed by atoms with Crippen molar-refractivity contribution in [3.8, 4) is 5.75 Å². The molecule has 124 valence electrons. The summed E-state index contributed by atoms with van der Waals surface area (Å²) in [5, 5.41) is 7.54. The topological polar surface area (TPSA) is 63.4 Å². The third-order valence-corrected chi connectivity index (χ3v) is 3.97. The van der Waals surface area contributed by atoms with Crippen LogP contribution in [0.3, 0.4) is 0 Å². The van der Waals surface area contributed by atoms with E-state index >= 15 is 0 Å². The minimum absolute atomic E-state index is 0.136. The maximum Gasteiger partial charge on any atom is 0.231 e. The summed E-state index contributed by atoms with van der Waals surface area (Å²) in [6, 6.07) is 8.16. The zero-order valence-corrected chi connectivity index (χ0v) is 14.0. The van der Waals surface area contributed by atoms with Crippen molar-refractivity contribution in [3.63, 3.8) is 0 Å². The Labute approximate surface area is 136 Å². The molecule has 0 aliphatic carbocycles. The highest BCUT2D eigenvalue weighted by molar-refractivity contribution is 5.35. The third-order valence-electron chi connectivity index (χ3n) is 3.97. The lowest BCUT2D eigenvalue weighted by atomic mass is 10.1. The predicted molar refractivity (Wildman–Crippen MR) is 87.6 cm³/mol. The normalized spacial score (nSPS) is 19.2. The molecule has 1 aliphatic heterocycles. The number of benzene rings is 1. The van der Waals surface area contributed by atoms with Gasteiger partial charge in [0, 0.05) is 25.2 Å². The molecule has 0 bridgehead atoms. The Bertz CT molecular complexity index is 641. The van der Waals surface area contributed by atoms with E-state index in [9.17, 15) is 0 Å². The van der Waals surface area contributed by atoms with Crippen molar-refractivity contribution in [2.45, 2.75) is 32.4 Å². The number of hydrogen-bond donors (Lipinski definition) is 1. The average molecular weight is 316 g/mol. The second kappa shape index (κ2) is 7.10. The van der Waals surface area contributed by atoms with Crippen LogP contribution < -0.4 is 10.1 Å². The van der Waals surface area contributed by atoms with E-state index in [4.69, 9.17) is 9.26 Å². The summed E-state index contributed by atoms with van der Waals surface area (Å²) in [5.74, 6) is 2.24. The van der Waals surface area contributed by atoms with Crippen molar-refractivity contribution >= 4 is 0 Å². The molecular formula is C17H24N4O2. The predicted octanol–water partition coefficient (Wildman–Crippen LogP) is 2.02. The van der Waals surface area contributed by atoms with Crippen LogP contribution in [0.4, 0.5) is 0 Å². The highest BCUT2D eigenvalue weighted by Crippen LogP contribution is 2.23. The maximum absolute atomic E-state index is 5.85. The Kier molecular flexibility index (Phi) is 4.93. The van der Waals surface area contributed by atoms with E-state index in [1.807, 2.05) is 38.1 Å². The van der Waals surface area contributed by atoms with E-state index < -0.39 is 0 Å². The second-order valence-electron chi connectivity index (χ2n) is 6.20. The van der Waals surface area contributed by atoms with Crippen LogP contribution in [0.5, 0.6) is 5.75 Å². The summed E-state index contributed by atoms with van der Waals surface area (Å²) in [7, 11) is 2.09. The quantitative estimate of drug-likeness (QED) is 0.910. The van der Waals surface area contributed by atoms with E-state index in [0.717, 1.165) is 36.8 Å². The first kappa shape index (κ1) is 16.0. The molecule has 1 unspecified atom stereocenters. The lowest BCUT2D eigenvalue weighted by Gasteiger charge is -2.30. The lowest BCUT2D eigenvalue weighted by Crippen LogP contribution is -2.44. The van der Waals surface area contributed by atoms with Crippen molar-refractivity contribution in [2.75, 3.05) is 26.7 Å². The van der Waals surface area contributed by atoms with Crippen LogP contribution >= 0.6 is 0 Å². The first-order valence-electron chi connectivity index (χ1n) is 8.11. The van der Waals surface area contributed by atoms with Gasteiger partial charge in [-0.2, -0.15) is 4.98 Å². The molecule has 0 saturated carbocycles. The molecular weight excluding hydrogens is 292 g/mol. The first-order valence-corrected chi connectivity index (χ1v) is 8.11. The molecule has 3 rings (SSSR count). The second-order valence-corrected chi connectivity index (χ2v) is 6.20. The molecule has 0 radical (unpaired) electrons. The van der Waals surface area contributed by atoms with Crippen LogP contribution in [0.25, 0.3) is 0 Å². The smallest absolute Gasteiger partial charge is 0.231 e. The van der Waals surface area contributed by atoms with E-state index in [1.165, 1.54) is 0 Å². The number of likely N-dealkylation sites (N-methyl/N-ethyl adjacent to an activating group) is 1. The Morgan fingerprint density at radius 1 is 1.39 bits per heavy atom. The molecule has 0 amide bonds. The fourth-order valence-corrected chi connectivity index (χ4v) is 2.75. The van der Waals surface area contributed by atoms with E-state index in [-0.39, 0.29) is 12.1 Å². The zero-order valence-electron chi connectivity index (χ0n) is 14.0. The van der Waals surface area contributed by atoms with Crippen molar-refractivity contribution < 1.29 is 9.26 Å². The van der Waals surface area contributed by atoms with Crippen LogP contribution in [0, 0.1) is 0 Å². The minimum Gasteiger partial charge on any atom is -0.491 e. The average Bonchev–Trinajstić information content (AvgIpc) is 2.97. The number of ether oxygens (including phenoxy) is 1. The Hall–Kier alpha value is -1.92. The van der Waals surface area contributed by atoms with Crippen LogP contribution in [-0.4, -0.2) is 47.8 Å². The number of rotatable bonds is 5. The van der Waals surface area contributed by atoms with Crippen LogP contribution in [0.1, 0.15) is 37.2 Å². The van der Waals surface area contributed by atoms with Gasteiger partial charge in [0.2, 0.25) is 5.89 Å². The Morgan fingerprint density at radius 2 is 2.22 bits per heavy atom. The van der Waals surface area contributed by atoms with Crippen LogP contribution in [0.2, 0.25) is 0 Å². The van der Waals surface area contributed by atoms with E-state index in [1.54, 1.807) is 0 Å². The number of nitrogens with zero attached hydrogens (tertiary/aromatic N) is 3. The molecule has 2 heterocycles. The molecule has 1 aromatic heterocycles. The van der Waals surface area contributed by atoms with Crippen molar-refractivity contribution in [1.82, 2.24) is 20.4 Å². The SMILES string of the molecule is CC(C)Oc1ccccc1Cc1nc(C2CNCCN2C)no1. The van der Waals surface area contributed by atoms with Gasteiger partial charge in [0.05, 0.1) is 18.6 Å². The molecule has 1 aliphatic rings. The van der Waals surface area contributed by atoms with Gasteiger partial charge in [-0.15, -0.1) is 0 Å². The largest absolute Gasteiger partial charge is 0.491 e. The molecule has 1 atom stereocenters. The fraction of sp³-hybridized carbons (Fsp3) is 0.529. The zero-order chi connectivity index (χ0) is 16.2. The molecule has 23 heavy (non-hydrogen) atoms. The van der Waals surface area contributed by atoms with Crippen molar-refractivity contribution in [2.24, 2.45) is 0 Å². The first-order chi connectivity index (χ1) is 11.1. The monoisotopic (exact) mass is 316 g/mol. The van der Waals surface area contributed by atoms with Crippen molar-refractivity contribution in [3.05, 3.63) is 41.5 Å². The molecule has 6 nitrogen and oxygen atoms in total. The highest BCUT2D eigenvalue weighted by atomic mass is 16.5. The van der Waals surface area contributed by atoms with Gasteiger partial charge in [-0.1, -0.05) is 23.4 Å². The van der Waals surface area contributed by atoms with E-state index in [0.29, 0.717) is 12.3 Å². The Morgan fingerprint density at radius 3 is 3.00 bits per heavy atom. The lowest BCUT2D eigenvalue weighted by molar-refractivity contribution is 0.190. The molecule has 6 heteroatoms. The highest BCUT2D eigenvalue weighted by Gasteiger charge is 2.25. The number of aromatic nitrogens is 2. The van der Waals surface area contributed by atoms with Gasteiger partial charge in [0.15, 0.2) is 5.82 Å². The molecule has 1 N–H and O–H groups in total. The molecule has 1 fully saturated rings. The summed E-state index contributed by atoms with van der Waals surface area (Å²) >= 11 is 0. The van der Waals surface area contributed by atoms with Crippen LogP contribution in [0.15, 0.2) is 28.8 Å². The van der Waals surface area contributed by atoms with Gasteiger partial charge in [-0.25, -0.2) is 0 Å². The molecule has 1 saturated heterocycles. The number of nitrogens with one attached hydrogen (secondary N) is 1. The minimum atomic E-state index is 0.136. The number of piperazine rings is 1. The van der Waals surface area contributed by atoms with Gasteiger partial charge in [-0.05, 0) is 27.0 Å². The van der Waals surface area contributed by atoms with Crippen molar-refractivity contribution in [1.29, 1.82) is 0 Å². The van der Waals surface area contributed by atoms with Gasteiger partial charge in [0.1, 0.15) is 5.75 Å². The third kappa shape index (κ3) is 3.89. The summed E-state index contributed by atoms with van der Waals surface area (Å²) < 4.78 is 11.3.